The summed E-state index contributed by atoms with van der Waals surface area (Å²) < 4.78 is 4.63. The molecule has 3 heteroatoms. The number of rotatable bonds is 4. The monoisotopic (exact) mass is 229 g/mol. The second-order valence-corrected chi connectivity index (χ2v) is 3.13. The number of amides is 1. The summed E-state index contributed by atoms with van der Waals surface area (Å²) in [4.78, 5) is 14.4. The summed E-state index contributed by atoms with van der Waals surface area (Å²) in [7, 11) is 0. The van der Waals surface area contributed by atoms with E-state index in [1.54, 1.807) is 19.1 Å². The summed E-state index contributed by atoms with van der Waals surface area (Å²) in [6.07, 6.45) is 8.17. The molecule has 1 aromatic carbocycles. The number of aliphatic imine (C=N–C) groups is 1. The summed E-state index contributed by atoms with van der Waals surface area (Å²) in [6.45, 7) is 2.08. The topological polar surface area (TPSA) is 38.7 Å². The van der Waals surface area contributed by atoms with Gasteiger partial charge in [-0.3, -0.25) is 0 Å². The fraction of sp³-hybridized carbons (Fsp3) is 0.143. The van der Waals surface area contributed by atoms with Crippen LogP contribution in [0, 0.1) is 0 Å². The molecule has 0 saturated carbocycles. The Morgan fingerprint density at radius 1 is 1.24 bits per heavy atom. The molecule has 0 fully saturated rings. The lowest BCUT2D eigenvalue weighted by Gasteiger charge is -1.91. The fourth-order valence-electron chi connectivity index (χ4n) is 1.11. The first kappa shape index (κ1) is 12.9. The van der Waals surface area contributed by atoms with Crippen LogP contribution in [0.4, 0.5) is 4.79 Å². The maximum Gasteiger partial charge on any atom is 0.433 e. The molecule has 1 aromatic rings. The predicted octanol–water partition coefficient (Wildman–Crippen LogP) is 3.48. The summed E-state index contributed by atoms with van der Waals surface area (Å²) in [5.74, 6) is 0. The van der Waals surface area contributed by atoms with Gasteiger partial charge in [0.1, 0.15) is 0 Å². The Labute approximate surface area is 101 Å². The van der Waals surface area contributed by atoms with Crippen molar-refractivity contribution in [3.63, 3.8) is 0 Å². The molecule has 1 amide bonds. The fourth-order valence-corrected chi connectivity index (χ4v) is 1.11. The molecule has 0 unspecified atom stereocenters. The van der Waals surface area contributed by atoms with E-state index in [-0.39, 0.29) is 0 Å². The van der Waals surface area contributed by atoms with Crippen LogP contribution in [-0.4, -0.2) is 18.9 Å². The molecule has 0 aliphatic carbocycles. The number of nitrogens with zero attached hydrogens (tertiary/aromatic N) is 1. The van der Waals surface area contributed by atoms with Gasteiger partial charge < -0.3 is 4.74 Å². The standard InChI is InChI=1S/C14H15NO2/c1-2-17-14(16)15-12-8-4-7-11-13-9-5-3-6-10-13/h3-12H,2H2,1H3/b8-4-,11-7+,15-12+. The van der Waals surface area contributed by atoms with Crippen LogP contribution in [0.15, 0.2) is 53.6 Å². The number of carbonyl (C=O) groups excluding carboxylic acids is 1. The van der Waals surface area contributed by atoms with E-state index in [0.29, 0.717) is 6.61 Å². The normalized spacial score (nSPS) is 11.6. The molecule has 0 aliphatic rings. The van der Waals surface area contributed by atoms with E-state index in [1.165, 1.54) is 6.21 Å². The average molecular weight is 229 g/mol. The largest absolute Gasteiger partial charge is 0.448 e. The highest BCUT2D eigenvalue weighted by atomic mass is 16.5. The Balaban J connectivity index is 2.36. The van der Waals surface area contributed by atoms with Gasteiger partial charge >= 0.3 is 6.09 Å². The minimum Gasteiger partial charge on any atom is -0.448 e. The van der Waals surface area contributed by atoms with Crippen LogP contribution >= 0.6 is 0 Å². The lowest BCUT2D eigenvalue weighted by molar-refractivity contribution is 0.164. The molecular formula is C14H15NO2. The Kier molecular flexibility index (Phi) is 6.11. The van der Waals surface area contributed by atoms with Gasteiger partial charge in [-0.05, 0) is 18.6 Å². The number of ether oxygens (including phenoxy) is 1. The smallest absolute Gasteiger partial charge is 0.433 e. The second kappa shape index (κ2) is 8.05. The number of hydrogen-bond donors (Lipinski definition) is 0. The van der Waals surface area contributed by atoms with Crippen molar-refractivity contribution in [3.8, 4) is 0 Å². The van der Waals surface area contributed by atoms with Crippen LogP contribution < -0.4 is 0 Å². The van der Waals surface area contributed by atoms with Crippen LogP contribution in [0.1, 0.15) is 12.5 Å². The number of benzene rings is 1. The lowest BCUT2D eigenvalue weighted by atomic mass is 10.2. The average Bonchev–Trinajstić information content (AvgIpc) is 2.35. The number of carbonyl (C=O) groups is 1. The van der Waals surface area contributed by atoms with Crippen LogP contribution in [0.2, 0.25) is 0 Å². The molecule has 17 heavy (non-hydrogen) atoms. The predicted molar refractivity (Wildman–Crippen MR) is 70.1 cm³/mol. The van der Waals surface area contributed by atoms with E-state index >= 15 is 0 Å². The Morgan fingerprint density at radius 2 is 2.00 bits per heavy atom. The highest BCUT2D eigenvalue weighted by Gasteiger charge is 1.91. The van der Waals surface area contributed by atoms with Crippen molar-refractivity contribution in [3.05, 3.63) is 54.1 Å². The van der Waals surface area contributed by atoms with Gasteiger partial charge in [-0.1, -0.05) is 48.6 Å². The van der Waals surface area contributed by atoms with Crippen molar-refractivity contribution in [2.75, 3.05) is 6.61 Å². The molecule has 0 heterocycles. The number of allylic oxidation sites excluding steroid dienone is 3. The van der Waals surface area contributed by atoms with Gasteiger partial charge in [0.25, 0.3) is 0 Å². The van der Waals surface area contributed by atoms with Gasteiger partial charge in [0.05, 0.1) is 6.61 Å². The second-order valence-electron chi connectivity index (χ2n) is 3.13. The third-order valence-corrected chi connectivity index (χ3v) is 1.84. The lowest BCUT2D eigenvalue weighted by Crippen LogP contribution is -1.96. The molecule has 0 aliphatic heterocycles. The molecule has 88 valence electrons. The highest BCUT2D eigenvalue weighted by Crippen LogP contribution is 2.00. The summed E-state index contributed by atoms with van der Waals surface area (Å²) in [6, 6.07) is 9.95. The third-order valence-electron chi connectivity index (χ3n) is 1.84. The van der Waals surface area contributed by atoms with Crippen LogP contribution in [0.5, 0.6) is 0 Å². The Bertz CT molecular complexity index is 419. The maximum atomic E-state index is 10.8. The van der Waals surface area contributed by atoms with Crippen molar-refractivity contribution in [2.45, 2.75) is 6.92 Å². The zero-order valence-electron chi connectivity index (χ0n) is 9.74. The minimum absolute atomic E-state index is 0.341. The molecule has 0 saturated heterocycles. The van der Waals surface area contributed by atoms with Crippen LogP contribution in [0.25, 0.3) is 6.08 Å². The molecule has 0 bridgehead atoms. The quantitative estimate of drug-likeness (QED) is 0.585. The van der Waals surface area contributed by atoms with Gasteiger partial charge in [0, 0.05) is 6.21 Å². The van der Waals surface area contributed by atoms with Crippen LogP contribution in [0.3, 0.4) is 0 Å². The molecule has 1 rings (SSSR count). The Hall–Kier alpha value is -2.16. The molecule has 0 N–H and O–H groups in total. The van der Waals surface area contributed by atoms with E-state index in [0.717, 1.165) is 5.56 Å². The molecule has 3 nitrogen and oxygen atoms in total. The maximum absolute atomic E-state index is 10.8. The van der Waals surface area contributed by atoms with Gasteiger partial charge in [-0.15, -0.1) is 0 Å². The van der Waals surface area contributed by atoms with Crippen LogP contribution in [-0.2, 0) is 4.74 Å². The molecule has 0 radical (unpaired) electrons. The third kappa shape index (κ3) is 6.10. The van der Waals surface area contributed by atoms with Crippen molar-refractivity contribution in [2.24, 2.45) is 4.99 Å². The zero-order valence-corrected chi connectivity index (χ0v) is 9.74. The minimum atomic E-state index is -0.566. The highest BCUT2D eigenvalue weighted by molar-refractivity contribution is 5.84. The van der Waals surface area contributed by atoms with Gasteiger partial charge in [-0.25, -0.2) is 4.79 Å². The first-order valence-corrected chi connectivity index (χ1v) is 5.42. The summed E-state index contributed by atoms with van der Waals surface area (Å²) in [5, 5.41) is 0. The molecular weight excluding hydrogens is 214 g/mol. The summed E-state index contributed by atoms with van der Waals surface area (Å²) in [5.41, 5.74) is 1.12. The summed E-state index contributed by atoms with van der Waals surface area (Å²) >= 11 is 0. The van der Waals surface area contributed by atoms with Gasteiger partial charge in [0.15, 0.2) is 0 Å². The first-order valence-electron chi connectivity index (χ1n) is 5.42. The van der Waals surface area contributed by atoms with E-state index in [1.807, 2.05) is 42.5 Å². The molecule has 0 aromatic heterocycles. The van der Waals surface area contributed by atoms with Crippen molar-refractivity contribution < 1.29 is 9.53 Å². The first-order chi connectivity index (χ1) is 8.33. The van der Waals surface area contributed by atoms with Gasteiger partial charge in [-0.2, -0.15) is 4.99 Å². The SMILES string of the molecule is CCOC(=O)/N=C/C=C\C=C\c1ccccc1. The van der Waals surface area contributed by atoms with E-state index in [2.05, 4.69) is 9.73 Å². The van der Waals surface area contributed by atoms with Crippen molar-refractivity contribution in [1.29, 1.82) is 0 Å². The van der Waals surface area contributed by atoms with Crippen molar-refractivity contribution in [1.82, 2.24) is 0 Å². The zero-order chi connectivity index (χ0) is 12.3. The van der Waals surface area contributed by atoms with E-state index in [9.17, 15) is 4.79 Å². The number of hydrogen-bond acceptors (Lipinski definition) is 2. The van der Waals surface area contributed by atoms with Crippen molar-refractivity contribution >= 4 is 18.4 Å². The Morgan fingerprint density at radius 3 is 2.71 bits per heavy atom. The molecule has 0 atom stereocenters. The van der Waals surface area contributed by atoms with E-state index < -0.39 is 6.09 Å². The van der Waals surface area contributed by atoms with E-state index in [4.69, 9.17) is 0 Å². The van der Waals surface area contributed by atoms with Gasteiger partial charge in [0.2, 0.25) is 0 Å². The molecule has 0 spiro atoms.